The van der Waals surface area contributed by atoms with Crippen molar-refractivity contribution in [3.05, 3.63) is 58.9 Å². The number of sulfonamides is 1. The Labute approximate surface area is 162 Å². The lowest BCUT2D eigenvalue weighted by Gasteiger charge is -2.36. The normalized spacial score (nSPS) is 15.1. The van der Waals surface area contributed by atoms with E-state index in [1.54, 1.807) is 17.0 Å². The first-order valence-electron chi connectivity index (χ1n) is 8.35. The Bertz CT molecular complexity index is 943. The number of amides is 1. The Balaban J connectivity index is 1.73. The maximum absolute atomic E-state index is 13.1. The first-order chi connectivity index (χ1) is 12.8. The number of nitrogens with zero attached hydrogens (tertiary/aromatic N) is 2. The number of nitrogens with one attached hydrogen (secondary N) is 1. The first-order valence-corrected chi connectivity index (χ1v) is 10.2. The quantitative estimate of drug-likeness (QED) is 0.838. The molecule has 3 rings (SSSR count). The van der Waals surface area contributed by atoms with Crippen LogP contribution in [0.4, 0.5) is 10.1 Å². The number of piperazine rings is 1. The molecule has 0 atom stereocenters. The standard InChI is InChI=1S/C18H19ClFN3O3S/c1-21-27(25,26)17-12-13(2-7-16(17)19)18(24)23-10-8-22(9-11-23)15-5-3-14(20)4-6-15/h2-7,12,21H,8-11H2,1H3. The summed E-state index contributed by atoms with van der Waals surface area (Å²) in [7, 11) is -2.47. The molecule has 1 saturated heterocycles. The van der Waals surface area contributed by atoms with Crippen molar-refractivity contribution in [3.63, 3.8) is 0 Å². The highest BCUT2D eigenvalue weighted by atomic mass is 35.5. The van der Waals surface area contributed by atoms with Crippen molar-refractivity contribution in [3.8, 4) is 0 Å². The Kier molecular flexibility index (Phi) is 5.69. The van der Waals surface area contributed by atoms with Crippen LogP contribution in [0.1, 0.15) is 10.4 Å². The maximum atomic E-state index is 13.1. The van der Waals surface area contributed by atoms with Gasteiger partial charge in [-0.05, 0) is 49.5 Å². The third kappa shape index (κ3) is 4.23. The highest BCUT2D eigenvalue weighted by Gasteiger charge is 2.24. The van der Waals surface area contributed by atoms with Gasteiger partial charge >= 0.3 is 0 Å². The summed E-state index contributed by atoms with van der Waals surface area (Å²) in [6.07, 6.45) is 0. The molecule has 0 bridgehead atoms. The minimum atomic E-state index is -3.76. The number of carbonyl (C=O) groups excluding carboxylic acids is 1. The van der Waals surface area contributed by atoms with Crippen LogP contribution < -0.4 is 9.62 Å². The second-order valence-corrected chi connectivity index (χ2v) is 8.37. The fraction of sp³-hybridized carbons (Fsp3) is 0.278. The molecule has 1 aliphatic heterocycles. The first kappa shape index (κ1) is 19.6. The lowest BCUT2D eigenvalue weighted by atomic mass is 10.1. The van der Waals surface area contributed by atoms with Crippen LogP contribution in [0.15, 0.2) is 47.4 Å². The van der Waals surface area contributed by atoms with Crippen molar-refractivity contribution < 1.29 is 17.6 Å². The summed E-state index contributed by atoms with van der Waals surface area (Å²) < 4.78 is 39.3. The lowest BCUT2D eigenvalue weighted by Crippen LogP contribution is -2.48. The van der Waals surface area contributed by atoms with Gasteiger partial charge in [-0.1, -0.05) is 11.6 Å². The summed E-state index contributed by atoms with van der Waals surface area (Å²) in [6.45, 7) is 2.17. The Morgan fingerprint density at radius 1 is 1.07 bits per heavy atom. The summed E-state index contributed by atoms with van der Waals surface area (Å²) in [4.78, 5) is 16.4. The molecule has 6 nitrogen and oxygen atoms in total. The molecule has 2 aromatic rings. The Morgan fingerprint density at radius 3 is 2.30 bits per heavy atom. The average molecular weight is 412 g/mol. The van der Waals surface area contributed by atoms with Crippen molar-refractivity contribution in [2.24, 2.45) is 0 Å². The van der Waals surface area contributed by atoms with Crippen LogP contribution in [0.3, 0.4) is 0 Å². The second-order valence-electron chi connectivity index (χ2n) is 6.11. The van der Waals surface area contributed by atoms with E-state index in [1.807, 2.05) is 0 Å². The van der Waals surface area contributed by atoms with E-state index in [4.69, 9.17) is 11.6 Å². The lowest BCUT2D eigenvalue weighted by molar-refractivity contribution is 0.0746. The van der Waals surface area contributed by atoms with E-state index in [0.29, 0.717) is 26.2 Å². The molecule has 144 valence electrons. The van der Waals surface area contributed by atoms with E-state index in [0.717, 1.165) is 5.69 Å². The molecule has 0 saturated carbocycles. The highest BCUT2D eigenvalue weighted by molar-refractivity contribution is 7.89. The summed E-state index contributed by atoms with van der Waals surface area (Å²) in [5, 5.41) is 0.0574. The van der Waals surface area contributed by atoms with Crippen molar-refractivity contribution >= 4 is 33.2 Å². The molecule has 1 aliphatic rings. The average Bonchev–Trinajstić information content (AvgIpc) is 2.68. The monoisotopic (exact) mass is 411 g/mol. The SMILES string of the molecule is CNS(=O)(=O)c1cc(C(=O)N2CCN(c3ccc(F)cc3)CC2)ccc1Cl. The number of rotatable bonds is 4. The summed E-state index contributed by atoms with van der Waals surface area (Å²) in [5.74, 6) is -0.541. The third-order valence-electron chi connectivity index (χ3n) is 4.50. The number of halogens is 2. The van der Waals surface area contributed by atoms with Crippen LogP contribution in [-0.2, 0) is 10.0 Å². The zero-order valence-electron chi connectivity index (χ0n) is 14.7. The minimum Gasteiger partial charge on any atom is -0.368 e. The van der Waals surface area contributed by atoms with Crippen LogP contribution in [0, 0.1) is 5.82 Å². The van der Waals surface area contributed by atoms with Gasteiger partial charge in [0.2, 0.25) is 10.0 Å². The molecule has 9 heteroatoms. The van der Waals surface area contributed by atoms with Gasteiger partial charge in [-0.2, -0.15) is 0 Å². The van der Waals surface area contributed by atoms with E-state index in [-0.39, 0.29) is 27.2 Å². The fourth-order valence-electron chi connectivity index (χ4n) is 2.95. The Hall–Kier alpha value is -2.16. The number of anilines is 1. The molecule has 1 fully saturated rings. The molecule has 1 amide bonds. The van der Waals surface area contributed by atoms with Crippen molar-refractivity contribution in [2.45, 2.75) is 4.90 Å². The molecule has 0 aliphatic carbocycles. The van der Waals surface area contributed by atoms with E-state index in [1.165, 1.54) is 37.4 Å². The van der Waals surface area contributed by atoms with Crippen LogP contribution in [-0.4, -0.2) is 52.5 Å². The van der Waals surface area contributed by atoms with E-state index >= 15 is 0 Å². The van der Waals surface area contributed by atoms with Crippen molar-refractivity contribution in [2.75, 3.05) is 38.1 Å². The molecule has 0 unspecified atom stereocenters. The topological polar surface area (TPSA) is 69.7 Å². The van der Waals surface area contributed by atoms with Gasteiger partial charge < -0.3 is 9.80 Å². The van der Waals surface area contributed by atoms with E-state index < -0.39 is 10.0 Å². The predicted molar refractivity (Wildman–Crippen MR) is 102 cm³/mol. The largest absolute Gasteiger partial charge is 0.368 e. The number of carbonyl (C=O) groups is 1. The van der Waals surface area contributed by atoms with E-state index in [9.17, 15) is 17.6 Å². The van der Waals surface area contributed by atoms with Gasteiger partial charge in [0.25, 0.3) is 5.91 Å². The zero-order valence-corrected chi connectivity index (χ0v) is 16.2. The van der Waals surface area contributed by atoms with Gasteiger partial charge in [0.15, 0.2) is 0 Å². The number of hydrogen-bond acceptors (Lipinski definition) is 4. The summed E-state index contributed by atoms with van der Waals surface area (Å²) >= 11 is 5.97. The molecular formula is C18H19ClFN3O3S. The van der Waals surface area contributed by atoms with Gasteiger partial charge in [-0.25, -0.2) is 17.5 Å². The molecule has 1 heterocycles. The van der Waals surface area contributed by atoms with Crippen LogP contribution in [0.2, 0.25) is 5.02 Å². The van der Waals surface area contributed by atoms with Crippen LogP contribution in [0.5, 0.6) is 0 Å². The molecule has 0 aromatic heterocycles. The zero-order chi connectivity index (χ0) is 19.6. The summed E-state index contributed by atoms with van der Waals surface area (Å²) in [6, 6.07) is 10.5. The fourth-order valence-corrected chi connectivity index (χ4v) is 4.20. The Morgan fingerprint density at radius 2 is 1.70 bits per heavy atom. The highest BCUT2D eigenvalue weighted by Crippen LogP contribution is 2.24. The molecule has 1 N–H and O–H groups in total. The van der Waals surface area contributed by atoms with Crippen molar-refractivity contribution in [1.82, 2.24) is 9.62 Å². The van der Waals surface area contributed by atoms with Crippen molar-refractivity contribution in [1.29, 1.82) is 0 Å². The van der Waals surface area contributed by atoms with Gasteiger partial charge in [0, 0.05) is 37.4 Å². The maximum Gasteiger partial charge on any atom is 0.254 e. The van der Waals surface area contributed by atoms with Gasteiger partial charge in [0.05, 0.1) is 5.02 Å². The molecule has 2 aromatic carbocycles. The molecule has 27 heavy (non-hydrogen) atoms. The molecule has 0 spiro atoms. The molecule has 0 radical (unpaired) electrons. The van der Waals surface area contributed by atoms with Crippen LogP contribution >= 0.6 is 11.6 Å². The minimum absolute atomic E-state index is 0.0574. The number of hydrogen-bond donors (Lipinski definition) is 1. The number of benzene rings is 2. The molecular weight excluding hydrogens is 393 g/mol. The van der Waals surface area contributed by atoms with Gasteiger partial charge in [-0.15, -0.1) is 0 Å². The third-order valence-corrected chi connectivity index (χ3v) is 6.39. The smallest absolute Gasteiger partial charge is 0.254 e. The summed E-state index contributed by atoms with van der Waals surface area (Å²) in [5.41, 5.74) is 1.17. The van der Waals surface area contributed by atoms with Crippen LogP contribution in [0.25, 0.3) is 0 Å². The predicted octanol–water partition coefficient (Wildman–Crippen LogP) is 2.35. The second kappa shape index (κ2) is 7.84. The van der Waals surface area contributed by atoms with E-state index in [2.05, 4.69) is 9.62 Å². The van der Waals surface area contributed by atoms with Gasteiger partial charge in [0.1, 0.15) is 10.7 Å². The van der Waals surface area contributed by atoms with Gasteiger partial charge in [-0.3, -0.25) is 4.79 Å².